The minimum atomic E-state index is -1.53. The molecule has 0 N–H and O–H groups in total. The lowest BCUT2D eigenvalue weighted by molar-refractivity contribution is 1.48. The van der Waals surface area contributed by atoms with Gasteiger partial charge in [-0.1, -0.05) is 54.6 Å². The van der Waals surface area contributed by atoms with Crippen LogP contribution in [0.15, 0.2) is 91.0 Å². The van der Waals surface area contributed by atoms with Crippen molar-refractivity contribution in [2.24, 2.45) is 0 Å². The van der Waals surface area contributed by atoms with Crippen molar-refractivity contribution in [3.05, 3.63) is 91.0 Å². The van der Waals surface area contributed by atoms with Crippen LogP contribution in [0, 0.1) is 0 Å². The van der Waals surface area contributed by atoms with Crippen molar-refractivity contribution >= 4 is 45.5 Å². The van der Waals surface area contributed by atoms with Crippen molar-refractivity contribution in [1.29, 1.82) is 0 Å². The number of halogens is 1. The summed E-state index contributed by atoms with van der Waals surface area (Å²) in [5.74, 6) is 0. The highest BCUT2D eigenvalue weighted by Crippen LogP contribution is 2.54. The molecule has 3 aromatic rings. The van der Waals surface area contributed by atoms with Gasteiger partial charge in [0, 0.05) is 0 Å². The highest BCUT2D eigenvalue weighted by Gasteiger charge is 2.43. The molecular weight excluding hydrogens is 338 g/mol. The smallest absolute Gasteiger partial charge is 0.111 e. The fraction of sp³-hybridized carbons (Fsp3) is 0.100. The van der Waals surface area contributed by atoms with E-state index in [9.17, 15) is 0 Å². The van der Waals surface area contributed by atoms with Crippen molar-refractivity contribution in [3.63, 3.8) is 0 Å². The quantitative estimate of drug-likeness (QED) is 0.601. The summed E-state index contributed by atoms with van der Waals surface area (Å²) in [6.07, 6.45) is 1.14. The van der Waals surface area contributed by atoms with Crippen LogP contribution in [0.1, 0.15) is 6.92 Å². The van der Waals surface area contributed by atoms with E-state index in [2.05, 4.69) is 97.9 Å². The molecule has 120 valence electrons. The van der Waals surface area contributed by atoms with Crippen LogP contribution in [0.3, 0.4) is 0 Å². The molecule has 3 rings (SSSR count). The third kappa shape index (κ3) is 3.84. The zero-order valence-corrected chi connectivity index (χ0v) is 16.6. The van der Waals surface area contributed by atoms with Gasteiger partial charge in [0.25, 0.3) is 0 Å². The van der Waals surface area contributed by atoms with E-state index in [1.54, 1.807) is 0 Å². The van der Waals surface area contributed by atoms with Crippen LogP contribution in [0.25, 0.3) is 0 Å². The molecule has 0 aliphatic rings. The zero-order valence-electron chi connectivity index (χ0n) is 13.4. The molecule has 0 aliphatic carbocycles. The Labute approximate surface area is 149 Å². The van der Waals surface area contributed by atoms with E-state index in [1.807, 2.05) is 0 Å². The average molecular weight is 362 g/mol. The first kappa shape index (κ1) is 19.9. The van der Waals surface area contributed by atoms with Gasteiger partial charge in [0.1, 0.15) is 23.2 Å². The third-order valence-electron chi connectivity index (χ3n) is 4.07. The van der Waals surface area contributed by atoms with Gasteiger partial charge in [-0.3, -0.25) is 0 Å². The SMILES string of the molecule is CC[P+](c1ccccc1)(c1ccccc1)c1ccccc1.Cl.P. The third-order valence-corrected chi connectivity index (χ3v) is 8.55. The van der Waals surface area contributed by atoms with E-state index in [-0.39, 0.29) is 22.3 Å². The standard InChI is InChI=1S/C20H20P.ClH.H3P/c1-2-21(18-12-6-3-7-13-18,19-14-8-4-9-15-19)20-16-10-5-11-17-20;;/h3-17H,2H2,1H3;1H;1H3/q+1;;. The summed E-state index contributed by atoms with van der Waals surface area (Å²) in [6, 6.07) is 33.0. The predicted octanol–water partition coefficient (Wildman–Crippen LogP) is 4.48. The summed E-state index contributed by atoms with van der Waals surface area (Å²) in [5.41, 5.74) is 0. The van der Waals surface area contributed by atoms with Crippen molar-refractivity contribution in [3.8, 4) is 0 Å². The maximum Gasteiger partial charge on any atom is 0.111 e. The molecule has 1 atom stereocenters. The minimum absolute atomic E-state index is 0. The van der Waals surface area contributed by atoms with Crippen LogP contribution < -0.4 is 15.9 Å². The topological polar surface area (TPSA) is 0 Å². The van der Waals surface area contributed by atoms with E-state index in [0.29, 0.717) is 0 Å². The van der Waals surface area contributed by atoms with Gasteiger partial charge in [0.2, 0.25) is 0 Å². The van der Waals surface area contributed by atoms with E-state index in [0.717, 1.165) is 6.16 Å². The summed E-state index contributed by atoms with van der Waals surface area (Å²) >= 11 is 0. The van der Waals surface area contributed by atoms with Crippen LogP contribution in [-0.4, -0.2) is 6.16 Å². The van der Waals surface area contributed by atoms with Crippen LogP contribution in [0.4, 0.5) is 0 Å². The molecule has 1 unspecified atom stereocenters. The van der Waals surface area contributed by atoms with E-state index in [1.165, 1.54) is 15.9 Å². The lowest BCUT2D eigenvalue weighted by atomic mass is 10.4. The lowest BCUT2D eigenvalue weighted by Crippen LogP contribution is -2.32. The highest BCUT2D eigenvalue weighted by molar-refractivity contribution is 7.95. The van der Waals surface area contributed by atoms with Crippen molar-refractivity contribution in [2.45, 2.75) is 6.92 Å². The second-order valence-corrected chi connectivity index (χ2v) is 8.93. The Morgan fingerprint density at radius 2 is 0.826 bits per heavy atom. The largest absolute Gasteiger partial charge is 0.153 e. The van der Waals surface area contributed by atoms with Crippen LogP contribution >= 0.6 is 29.6 Å². The summed E-state index contributed by atoms with van der Waals surface area (Å²) in [4.78, 5) is 0. The summed E-state index contributed by atoms with van der Waals surface area (Å²) in [5, 5.41) is 4.39. The molecule has 0 spiro atoms. The molecule has 0 fully saturated rings. The average Bonchev–Trinajstić information content (AvgIpc) is 2.59. The molecule has 0 saturated heterocycles. The van der Waals surface area contributed by atoms with Crippen molar-refractivity contribution < 1.29 is 0 Å². The molecule has 3 heteroatoms. The Morgan fingerprint density at radius 3 is 1.04 bits per heavy atom. The first-order valence-corrected chi connectivity index (χ1v) is 9.40. The van der Waals surface area contributed by atoms with Gasteiger partial charge in [-0.05, 0) is 43.3 Å². The first-order chi connectivity index (χ1) is 10.4. The van der Waals surface area contributed by atoms with Crippen LogP contribution in [0.5, 0.6) is 0 Å². The predicted molar refractivity (Wildman–Crippen MR) is 114 cm³/mol. The summed E-state index contributed by atoms with van der Waals surface area (Å²) in [6.45, 7) is 2.32. The number of hydrogen-bond donors (Lipinski definition) is 0. The van der Waals surface area contributed by atoms with E-state index < -0.39 is 7.26 Å². The second kappa shape index (κ2) is 9.19. The maximum atomic E-state index is 2.32. The molecule has 3 aromatic carbocycles. The molecular formula is C20H24ClP2+. The molecule has 0 amide bonds. The number of benzene rings is 3. The monoisotopic (exact) mass is 361 g/mol. The Morgan fingerprint density at radius 1 is 0.565 bits per heavy atom. The van der Waals surface area contributed by atoms with E-state index >= 15 is 0 Å². The van der Waals surface area contributed by atoms with Gasteiger partial charge >= 0.3 is 0 Å². The second-order valence-electron chi connectivity index (χ2n) is 5.13. The Hall–Kier alpha value is -1.19. The van der Waals surface area contributed by atoms with E-state index in [4.69, 9.17) is 0 Å². The van der Waals surface area contributed by atoms with Gasteiger partial charge in [-0.2, -0.15) is 9.90 Å². The molecule has 0 radical (unpaired) electrons. The summed E-state index contributed by atoms with van der Waals surface area (Å²) in [7, 11) is -1.53. The van der Waals surface area contributed by atoms with Gasteiger partial charge in [-0.25, -0.2) is 0 Å². The molecule has 0 aromatic heterocycles. The fourth-order valence-electron chi connectivity index (χ4n) is 3.04. The van der Waals surface area contributed by atoms with Gasteiger partial charge < -0.3 is 0 Å². The highest BCUT2D eigenvalue weighted by atomic mass is 35.5. The minimum Gasteiger partial charge on any atom is -0.153 e. The van der Waals surface area contributed by atoms with Crippen molar-refractivity contribution in [1.82, 2.24) is 0 Å². The van der Waals surface area contributed by atoms with Crippen molar-refractivity contribution in [2.75, 3.05) is 6.16 Å². The maximum absolute atomic E-state index is 2.32. The number of rotatable bonds is 4. The molecule has 0 saturated carbocycles. The molecule has 0 heterocycles. The summed E-state index contributed by atoms with van der Waals surface area (Å²) < 4.78 is 0. The lowest BCUT2D eigenvalue weighted by Gasteiger charge is -2.26. The van der Waals surface area contributed by atoms with Gasteiger partial charge in [0.05, 0.1) is 6.16 Å². The number of hydrogen-bond acceptors (Lipinski definition) is 0. The zero-order chi connectivity index (χ0) is 14.5. The molecule has 0 aliphatic heterocycles. The normalized spacial score (nSPS) is 10.3. The Kier molecular flexibility index (Phi) is 7.93. The van der Waals surface area contributed by atoms with Gasteiger partial charge in [-0.15, -0.1) is 12.4 Å². The fourth-order valence-corrected chi connectivity index (χ4v) is 7.08. The Bertz CT molecular complexity index is 588. The molecule has 0 bridgehead atoms. The first-order valence-electron chi connectivity index (χ1n) is 7.43. The van der Waals surface area contributed by atoms with Crippen LogP contribution in [-0.2, 0) is 0 Å². The van der Waals surface area contributed by atoms with Crippen LogP contribution in [0.2, 0.25) is 0 Å². The molecule has 23 heavy (non-hydrogen) atoms. The Balaban J connectivity index is 0.00000132. The van der Waals surface area contributed by atoms with Gasteiger partial charge in [0.15, 0.2) is 0 Å². The molecule has 0 nitrogen and oxygen atoms in total.